The van der Waals surface area contributed by atoms with Crippen LogP contribution in [-0.2, 0) is 17.6 Å². The van der Waals surface area contributed by atoms with E-state index in [2.05, 4.69) is 10.3 Å². The number of carbonyl (C=O) groups excluding carboxylic acids is 1. The average molecular weight is 510 g/mol. The van der Waals surface area contributed by atoms with Crippen molar-refractivity contribution in [2.24, 2.45) is 0 Å². The topological polar surface area (TPSA) is 102 Å². The van der Waals surface area contributed by atoms with Crippen molar-refractivity contribution >= 4 is 17.5 Å². The molecule has 1 atom stereocenters. The van der Waals surface area contributed by atoms with Gasteiger partial charge in [-0.25, -0.2) is 18.6 Å². The molecule has 37 heavy (non-hydrogen) atoms. The molecule has 4 rings (SSSR count). The molecule has 0 saturated heterocycles. The second-order valence-electron chi connectivity index (χ2n) is 8.25. The van der Waals surface area contributed by atoms with Gasteiger partial charge in [-0.1, -0.05) is 13.0 Å². The molecule has 2 aromatic heterocycles. The van der Waals surface area contributed by atoms with Crippen molar-refractivity contribution < 1.29 is 33.0 Å². The highest BCUT2D eigenvalue weighted by Gasteiger charge is 2.26. The lowest BCUT2D eigenvalue weighted by Crippen LogP contribution is -2.43. The van der Waals surface area contributed by atoms with Crippen molar-refractivity contribution in [1.29, 1.82) is 0 Å². The summed E-state index contributed by atoms with van der Waals surface area (Å²) in [6, 6.07) is 8.81. The van der Waals surface area contributed by atoms with Crippen molar-refractivity contribution in [2.75, 3.05) is 14.2 Å². The molecule has 0 spiro atoms. The molecule has 0 saturated carbocycles. The fourth-order valence-corrected chi connectivity index (χ4v) is 4.22. The van der Waals surface area contributed by atoms with Crippen LogP contribution in [0.25, 0.3) is 16.8 Å². The third-order valence-electron chi connectivity index (χ3n) is 6.08. The number of hydrogen-bond acceptors (Lipinski definition) is 5. The Morgan fingerprint density at radius 1 is 1.08 bits per heavy atom. The summed E-state index contributed by atoms with van der Waals surface area (Å²) < 4.78 is 41.0. The van der Waals surface area contributed by atoms with E-state index in [-0.39, 0.29) is 6.42 Å². The number of aromatic nitrogens is 2. The number of ether oxygens (including phenoxy) is 2. The van der Waals surface area contributed by atoms with Gasteiger partial charge in [0.25, 0.3) is 5.91 Å². The molecule has 0 aliphatic heterocycles. The van der Waals surface area contributed by atoms with E-state index in [4.69, 9.17) is 9.47 Å². The van der Waals surface area contributed by atoms with E-state index in [1.807, 2.05) is 19.1 Å². The van der Waals surface area contributed by atoms with Gasteiger partial charge in [0.1, 0.15) is 40.4 Å². The number of carbonyl (C=O) groups is 2. The number of amides is 1. The molecule has 0 aliphatic rings. The highest BCUT2D eigenvalue weighted by molar-refractivity contribution is 5.97. The molecule has 2 N–H and O–H groups in total. The van der Waals surface area contributed by atoms with Gasteiger partial charge in [0.15, 0.2) is 0 Å². The standard InChI is InChI=1S/C27H25F2N3O5/c1-4-15-12-21(36-2)23(22(13-15)37-3)17-9-8-16(32-11-10-30-25(17)32)14-20(27(34)35)31-26(33)24-18(28)6-5-7-19(24)29/h5-13,20H,4,14H2,1-3H3,(H,31,33)(H,34,35)/t20-/m0/s1. The zero-order chi connectivity index (χ0) is 26.7. The van der Waals surface area contributed by atoms with Crippen LogP contribution in [0.15, 0.2) is 54.9 Å². The second kappa shape index (κ2) is 10.7. The smallest absolute Gasteiger partial charge is 0.326 e. The maximum Gasteiger partial charge on any atom is 0.326 e. The molecule has 2 aromatic carbocycles. The average Bonchev–Trinajstić information content (AvgIpc) is 3.38. The van der Waals surface area contributed by atoms with E-state index >= 15 is 0 Å². The molecule has 0 bridgehead atoms. The molecule has 1 amide bonds. The number of aliphatic carboxylic acids is 1. The van der Waals surface area contributed by atoms with Crippen molar-refractivity contribution in [3.63, 3.8) is 0 Å². The van der Waals surface area contributed by atoms with Crippen LogP contribution in [0, 0.1) is 11.6 Å². The molecular weight excluding hydrogens is 484 g/mol. The van der Waals surface area contributed by atoms with Crippen LogP contribution in [0.3, 0.4) is 0 Å². The number of methoxy groups -OCH3 is 2. The van der Waals surface area contributed by atoms with E-state index < -0.39 is 35.1 Å². The predicted octanol–water partition coefficient (Wildman–Crippen LogP) is 4.28. The van der Waals surface area contributed by atoms with Crippen LogP contribution in [0.1, 0.15) is 28.5 Å². The molecular formula is C27H25F2N3O5. The highest BCUT2D eigenvalue weighted by Crippen LogP contribution is 2.41. The van der Waals surface area contributed by atoms with E-state index in [1.54, 1.807) is 43.1 Å². The minimum Gasteiger partial charge on any atom is -0.496 e. The van der Waals surface area contributed by atoms with E-state index in [1.165, 1.54) is 0 Å². The predicted molar refractivity (Wildman–Crippen MR) is 132 cm³/mol. The summed E-state index contributed by atoms with van der Waals surface area (Å²) in [6.45, 7) is 2.02. The van der Waals surface area contributed by atoms with Gasteiger partial charge < -0.3 is 24.3 Å². The summed E-state index contributed by atoms with van der Waals surface area (Å²) in [5, 5.41) is 12.0. The molecule has 10 heteroatoms. The third-order valence-corrected chi connectivity index (χ3v) is 6.08. The molecule has 0 unspecified atom stereocenters. The second-order valence-corrected chi connectivity index (χ2v) is 8.25. The molecule has 4 aromatic rings. The number of nitrogens with one attached hydrogen (secondary N) is 1. The fourth-order valence-electron chi connectivity index (χ4n) is 4.22. The number of halogens is 2. The van der Waals surface area contributed by atoms with Gasteiger partial charge in [-0.05, 0) is 48.4 Å². The summed E-state index contributed by atoms with van der Waals surface area (Å²) in [6.07, 6.45) is 3.83. The highest BCUT2D eigenvalue weighted by atomic mass is 19.1. The molecule has 0 radical (unpaired) electrons. The van der Waals surface area contributed by atoms with Crippen molar-refractivity contribution in [2.45, 2.75) is 25.8 Å². The molecule has 8 nitrogen and oxygen atoms in total. The van der Waals surface area contributed by atoms with Gasteiger partial charge in [0, 0.05) is 30.1 Å². The lowest BCUT2D eigenvalue weighted by Gasteiger charge is -2.19. The first-order chi connectivity index (χ1) is 17.8. The van der Waals surface area contributed by atoms with Gasteiger partial charge in [-0.3, -0.25) is 4.79 Å². The minimum absolute atomic E-state index is 0.173. The zero-order valence-electron chi connectivity index (χ0n) is 20.4. The maximum atomic E-state index is 14.0. The van der Waals surface area contributed by atoms with Crippen LogP contribution in [-0.4, -0.2) is 46.6 Å². The summed E-state index contributed by atoms with van der Waals surface area (Å²) in [5.41, 5.74) is 2.57. The number of imidazole rings is 1. The number of carboxylic acids is 1. The van der Waals surface area contributed by atoms with Crippen molar-refractivity contribution in [3.05, 3.63) is 83.3 Å². The van der Waals surface area contributed by atoms with Gasteiger partial charge in [-0.2, -0.15) is 0 Å². The molecule has 2 heterocycles. The first kappa shape index (κ1) is 25.6. The van der Waals surface area contributed by atoms with Crippen LogP contribution in [0.2, 0.25) is 0 Å². The van der Waals surface area contributed by atoms with Gasteiger partial charge >= 0.3 is 5.97 Å². The normalized spacial score (nSPS) is 11.8. The van der Waals surface area contributed by atoms with Crippen molar-refractivity contribution in [3.8, 4) is 22.6 Å². The van der Waals surface area contributed by atoms with Crippen LogP contribution in [0.4, 0.5) is 8.78 Å². The SMILES string of the molecule is CCc1cc(OC)c(-c2ccc(C[C@H](NC(=O)c3c(F)cccc3F)C(=O)O)n3ccnc23)c(OC)c1. The monoisotopic (exact) mass is 509 g/mol. The summed E-state index contributed by atoms with van der Waals surface area (Å²) in [5.74, 6) is -3.50. The Morgan fingerprint density at radius 2 is 1.73 bits per heavy atom. The van der Waals surface area contributed by atoms with Crippen LogP contribution >= 0.6 is 0 Å². The third kappa shape index (κ3) is 4.95. The van der Waals surface area contributed by atoms with Gasteiger partial charge in [-0.15, -0.1) is 0 Å². The van der Waals surface area contributed by atoms with Crippen molar-refractivity contribution in [1.82, 2.24) is 14.7 Å². The Labute approximate surface area is 211 Å². The minimum atomic E-state index is -1.46. The Bertz CT molecular complexity index is 1440. The number of hydrogen-bond donors (Lipinski definition) is 2. The molecule has 0 aliphatic carbocycles. The Hall–Kier alpha value is -4.47. The lowest BCUT2D eigenvalue weighted by molar-refractivity contribution is -0.139. The molecule has 192 valence electrons. The Kier molecular flexibility index (Phi) is 7.37. The number of fused-ring (bicyclic) bond motifs is 1. The van der Waals surface area contributed by atoms with Gasteiger partial charge in [0.05, 0.1) is 19.8 Å². The van der Waals surface area contributed by atoms with E-state index in [9.17, 15) is 23.5 Å². The number of rotatable bonds is 9. The quantitative estimate of drug-likeness (QED) is 0.349. The lowest BCUT2D eigenvalue weighted by atomic mass is 9.99. The summed E-state index contributed by atoms with van der Waals surface area (Å²) in [4.78, 5) is 29.0. The van der Waals surface area contributed by atoms with Crippen LogP contribution < -0.4 is 14.8 Å². The summed E-state index contributed by atoms with van der Waals surface area (Å²) >= 11 is 0. The van der Waals surface area contributed by atoms with E-state index in [0.717, 1.165) is 30.2 Å². The Balaban J connectivity index is 1.72. The number of benzene rings is 2. The van der Waals surface area contributed by atoms with Crippen LogP contribution in [0.5, 0.6) is 11.5 Å². The van der Waals surface area contributed by atoms with Gasteiger partial charge in [0.2, 0.25) is 0 Å². The summed E-state index contributed by atoms with van der Waals surface area (Å²) in [7, 11) is 3.13. The first-order valence-corrected chi connectivity index (χ1v) is 11.5. The van der Waals surface area contributed by atoms with E-state index in [0.29, 0.717) is 34.0 Å². The largest absolute Gasteiger partial charge is 0.496 e. The number of pyridine rings is 1. The number of carboxylic acid groups (broad SMARTS) is 1. The number of aryl methyl sites for hydroxylation is 1. The molecule has 0 fully saturated rings. The fraction of sp³-hybridized carbons (Fsp3) is 0.222. The number of nitrogens with zero attached hydrogens (tertiary/aromatic N) is 2. The first-order valence-electron chi connectivity index (χ1n) is 11.5. The zero-order valence-corrected chi connectivity index (χ0v) is 20.4. The Morgan fingerprint density at radius 3 is 2.30 bits per heavy atom. The maximum absolute atomic E-state index is 14.0.